The highest BCUT2D eigenvalue weighted by atomic mass is 16.6. The summed E-state index contributed by atoms with van der Waals surface area (Å²) in [5.74, 6) is 0.861. The SMILES string of the molecule is COc1ncnc(NCCCCC(C)C)c1[N+](=O)[O-]. The van der Waals surface area contributed by atoms with Crippen LogP contribution in [0.25, 0.3) is 0 Å². The van der Waals surface area contributed by atoms with Crippen molar-refractivity contribution in [1.29, 1.82) is 0 Å². The van der Waals surface area contributed by atoms with Crippen LogP contribution >= 0.6 is 0 Å². The van der Waals surface area contributed by atoms with E-state index in [1.54, 1.807) is 0 Å². The molecule has 0 bridgehead atoms. The number of unbranched alkanes of at least 4 members (excludes halogenated alkanes) is 1. The number of anilines is 1. The van der Waals surface area contributed by atoms with E-state index in [9.17, 15) is 10.1 Å². The van der Waals surface area contributed by atoms with Gasteiger partial charge in [0.1, 0.15) is 6.33 Å². The molecule has 0 unspecified atom stereocenters. The van der Waals surface area contributed by atoms with E-state index in [1.165, 1.54) is 13.4 Å². The molecule has 0 aliphatic carbocycles. The van der Waals surface area contributed by atoms with Crippen molar-refractivity contribution < 1.29 is 9.66 Å². The van der Waals surface area contributed by atoms with Crippen LogP contribution in [-0.4, -0.2) is 28.5 Å². The van der Waals surface area contributed by atoms with Crippen LogP contribution in [0.3, 0.4) is 0 Å². The molecule has 0 amide bonds. The Labute approximate surface area is 112 Å². The lowest BCUT2D eigenvalue weighted by Gasteiger charge is -2.08. The molecular weight excluding hydrogens is 248 g/mol. The van der Waals surface area contributed by atoms with Crippen molar-refractivity contribution in [1.82, 2.24) is 9.97 Å². The molecular formula is C12H20N4O3. The fourth-order valence-electron chi connectivity index (χ4n) is 1.69. The Balaban J connectivity index is 2.60. The zero-order valence-electron chi connectivity index (χ0n) is 11.5. The number of ether oxygens (including phenoxy) is 1. The normalized spacial score (nSPS) is 10.5. The van der Waals surface area contributed by atoms with E-state index in [-0.39, 0.29) is 17.4 Å². The van der Waals surface area contributed by atoms with Crippen LogP contribution in [0.2, 0.25) is 0 Å². The van der Waals surface area contributed by atoms with Gasteiger partial charge in [-0.2, -0.15) is 4.98 Å². The molecule has 1 rings (SSSR count). The number of rotatable bonds is 8. The number of hydrogen-bond donors (Lipinski definition) is 1. The molecule has 1 aromatic heterocycles. The summed E-state index contributed by atoms with van der Waals surface area (Å²) in [6, 6.07) is 0. The molecule has 0 aliphatic heterocycles. The first-order valence-corrected chi connectivity index (χ1v) is 6.33. The van der Waals surface area contributed by atoms with Gasteiger partial charge in [-0.3, -0.25) is 10.1 Å². The summed E-state index contributed by atoms with van der Waals surface area (Å²) in [5.41, 5.74) is -0.214. The molecule has 0 spiro atoms. The zero-order valence-corrected chi connectivity index (χ0v) is 11.5. The predicted octanol–water partition coefficient (Wildman–Crippen LogP) is 2.63. The van der Waals surface area contributed by atoms with Crippen LogP contribution in [0.1, 0.15) is 33.1 Å². The maximum atomic E-state index is 11.0. The third-order valence-corrected chi connectivity index (χ3v) is 2.67. The van der Waals surface area contributed by atoms with Gasteiger partial charge in [-0.05, 0) is 12.3 Å². The molecule has 1 aromatic rings. The highest BCUT2D eigenvalue weighted by Gasteiger charge is 2.23. The van der Waals surface area contributed by atoms with Crippen molar-refractivity contribution >= 4 is 11.5 Å². The van der Waals surface area contributed by atoms with Crippen LogP contribution < -0.4 is 10.1 Å². The van der Waals surface area contributed by atoms with E-state index in [2.05, 4.69) is 29.1 Å². The predicted molar refractivity (Wildman–Crippen MR) is 72.4 cm³/mol. The molecule has 0 aromatic carbocycles. The second-order valence-electron chi connectivity index (χ2n) is 4.65. The van der Waals surface area contributed by atoms with E-state index in [4.69, 9.17) is 4.74 Å². The van der Waals surface area contributed by atoms with Crippen molar-refractivity contribution in [3.63, 3.8) is 0 Å². The Kier molecular flexibility index (Phi) is 5.98. The third kappa shape index (κ3) is 4.69. The van der Waals surface area contributed by atoms with E-state index in [0.29, 0.717) is 12.5 Å². The lowest BCUT2D eigenvalue weighted by molar-refractivity contribution is -0.385. The van der Waals surface area contributed by atoms with Crippen molar-refractivity contribution in [2.24, 2.45) is 5.92 Å². The van der Waals surface area contributed by atoms with Gasteiger partial charge in [-0.15, -0.1) is 0 Å². The second-order valence-corrected chi connectivity index (χ2v) is 4.65. The first-order chi connectivity index (χ1) is 9.06. The Morgan fingerprint density at radius 2 is 2.16 bits per heavy atom. The lowest BCUT2D eigenvalue weighted by atomic mass is 10.1. The van der Waals surface area contributed by atoms with Crippen molar-refractivity contribution in [2.75, 3.05) is 19.0 Å². The van der Waals surface area contributed by atoms with Crippen LogP contribution in [0, 0.1) is 16.0 Å². The minimum atomic E-state index is -0.532. The van der Waals surface area contributed by atoms with Gasteiger partial charge in [-0.25, -0.2) is 4.98 Å². The largest absolute Gasteiger partial charge is 0.476 e. The number of nitro groups is 1. The van der Waals surface area contributed by atoms with Gasteiger partial charge in [0.05, 0.1) is 12.0 Å². The van der Waals surface area contributed by atoms with Crippen LogP contribution in [0.4, 0.5) is 11.5 Å². The lowest BCUT2D eigenvalue weighted by Crippen LogP contribution is -2.08. The number of hydrogen-bond acceptors (Lipinski definition) is 6. The minimum Gasteiger partial charge on any atom is -0.476 e. The highest BCUT2D eigenvalue weighted by molar-refractivity contribution is 5.60. The quantitative estimate of drug-likeness (QED) is 0.443. The minimum absolute atomic E-state index is 0.0234. The molecule has 1 heterocycles. The summed E-state index contributed by atoms with van der Waals surface area (Å²) in [4.78, 5) is 18.1. The fourth-order valence-corrected chi connectivity index (χ4v) is 1.69. The summed E-state index contributed by atoms with van der Waals surface area (Å²) in [7, 11) is 1.35. The average molecular weight is 268 g/mol. The maximum Gasteiger partial charge on any atom is 0.372 e. The summed E-state index contributed by atoms with van der Waals surface area (Å²) >= 11 is 0. The second kappa shape index (κ2) is 7.50. The average Bonchev–Trinajstić information content (AvgIpc) is 2.37. The summed E-state index contributed by atoms with van der Waals surface area (Å²) in [6.07, 6.45) is 4.43. The number of nitrogens with zero attached hydrogens (tertiary/aromatic N) is 3. The van der Waals surface area contributed by atoms with Gasteiger partial charge >= 0.3 is 5.69 Å². The third-order valence-electron chi connectivity index (χ3n) is 2.67. The van der Waals surface area contributed by atoms with Crippen LogP contribution in [0.15, 0.2) is 6.33 Å². The van der Waals surface area contributed by atoms with Crippen molar-refractivity contribution in [3.8, 4) is 5.88 Å². The molecule has 19 heavy (non-hydrogen) atoms. The first-order valence-electron chi connectivity index (χ1n) is 6.33. The van der Waals surface area contributed by atoms with Crippen LogP contribution in [0.5, 0.6) is 5.88 Å². The van der Waals surface area contributed by atoms with E-state index in [0.717, 1.165) is 19.3 Å². The summed E-state index contributed by atoms with van der Waals surface area (Å²) < 4.78 is 4.87. The van der Waals surface area contributed by atoms with Gasteiger partial charge < -0.3 is 10.1 Å². The monoisotopic (exact) mass is 268 g/mol. The Bertz CT molecular complexity index is 423. The van der Waals surface area contributed by atoms with Gasteiger partial charge in [-0.1, -0.05) is 26.7 Å². The summed E-state index contributed by atoms with van der Waals surface area (Å²) in [5, 5.41) is 14.0. The number of nitrogens with one attached hydrogen (secondary N) is 1. The molecule has 0 saturated heterocycles. The molecule has 0 radical (unpaired) electrons. The molecule has 0 atom stereocenters. The number of aromatic nitrogens is 2. The van der Waals surface area contributed by atoms with Gasteiger partial charge in [0.15, 0.2) is 0 Å². The molecule has 7 heteroatoms. The maximum absolute atomic E-state index is 11.0. The van der Waals surface area contributed by atoms with Gasteiger partial charge in [0, 0.05) is 6.54 Å². The topological polar surface area (TPSA) is 90.2 Å². The Morgan fingerprint density at radius 3 is 2.74 bits per heavy atom. The summed E-state index contributed by atoms with van der Waals surface area (Å²) in [6.45, 7) is 4.99. The van der Waals surface area contributed by atoms with Gasteiger partial charge in [0.2, 0.25) is 5.82 Å². The van der Waals surface area contributed by atoms with Crippen LogP contribution in [-0.2, 0) is 0 Å². The van der Waals surface area contributed by atoms with E-state index >= 15 is 0 Å². The van der Waals surface area contributed by atoms with E-state index in [1.807, 2.05) is 0 Å². The molecule has 106 valence electrons. The Hall–Kier alpha value is -1.92. The van der Waals surface area contributed by atoms with E-state index < -0.39 is 4.92 Å². The highest BCUT2D eigenvalue weighted by Crippen LogP contribution is 2.30. The Morgan fingerprint density at radius 1 is 1.42 bits per heavy atom. The fraction of sp³-hybridized carbons (Fsp3) is 0.667. The first kappa shape index (κ1) is 15.1. The van der Waals surface area contributed by atoms with Crippen molar-refractivity contribution in [2.45, 2.75) is 33.1 Å². The van der Waals surface area contributed by atoms with Crippen molar-refractivity contribution in [3.05, 3.63) is 16.4 Å². The molecule has 0 saturated carbocycles. The zero-order chi connectivity index (χ0) is 14.3. The molecule has 1 N–H and O–H groups in total. The molecule has 0 fully saturated rings. The van der Waals surface area contributed by atoms with Gasteiger partial charge in [0.25, 0.3) is 5.88 Å². The molecule has 0 aliphatic rings. The standard InChI is InChI=1S/C12H20N4O3/c1-9(2)6-4-5-7-13-11-10(16(17)18)12(19-3)15-8-14-11/h8-9H,4-7H2,1-3H3,(H,13,14,15). The smallest absolute Gasteiger partial charge is 0.372 e. The molecule has 7 nitrogen and oxygen atoms in total. The number of methoxy groups -OCH3 is 1.